The average Bonchev–Trinajstić information content (AvgIpc) is 2.61. The molecule has 0 heterocycles. The zero-order chi connectivity index (χ0) is 19.8. The summed E-state index contributed by atoms with van der Waals surface area (Å²) < 4.78 is 17.6. The molecule has 5 nitrogen and oxygen atoms in total. The molecule has 0 N–H and O–H groups in total. The Bertz CT molecular complexity index is 780. The normalized spacial score (nSPS) is 10.4. The Balaban J connectivity index is 1.88. The van der Waals surface area contributed by atoms with Crippen molar-refractivity contribution in [3.63, 3.8) is 0 Å². The number of ether oxygens (including phenoxy) is 3. The lowest BCUT2D eigenvalue weighted by atomic mass is 10.2. The summed E-state index contributed by atoms with van der Waals surface area (Å²) in [6, 6.07) is 9.96. The zero-order valence-electron chi connectivity index (χ0n) is 15.1. The number of carbonyl (C=O) groups excluding carboxylic acids is 2. The van der Waals surface area contributed by atoms with E-state index in [0.29, 0.717) is 23.7 Å². The average molecular weight is 500 g/mol. The van der Waals surface area contributed by atoms with Gasteiger partial charge in [0.15, 0.2) is 6.61 Å². The molecule has 144 valence electrons. The van der Waals surface area contributed by atoms with Gasteiger partial charge in [-0.25, -0.2) is 9.59 Å². The second kappa shape index (κ2) is 10.5. The molecule has 0 fully saturated rings. The third-order valence-electron chi connectivity index (χ3n) is 3.58. The summed E-state index contributed by atoms with van der Waals surface area (Å²) in [4.78, 5) is 23.8. The molecule has 0 bridgehead atoms. The largest absolute Gasteiger partial charge is 0.480 e. The lowest BCUT2D eigenvalue weighted by molar-refractivity contribution is -0.136. The van der Waals surface area contributed by atoms with Crippen LogP contribution in [-0.4, -0.2) is 25.2 Å². The molecule has 0 radical (unpaired) electrons. The quantitative estimate of drug-likeness (QED) is 0.274. The fourth-order valence-electron chi connectivity index (χ4n) is 2.22. The van der Waals surface area contributed by atoms with Gasteiger partial charge in [0.2, 0.25) is 0 Å². The zero-order valence-corrected chi connectivity index (χ0v) is 18.3. The molecule has 0 amide bonds. The van der Waals surface area contributed by atoms with Crippen LogP contribution in [0.2, 0.25) is 0 Å². The van der Waals surface area contributed by atoms with E-state index in [2.05, 4.69) is 31.9 Å². The van der Waals surface area contributed by atoms with Crippen LogP contribution in [-0.2, 0) is 9.53 Å². The highest BCUT2D eigenvalue weighted by Gasteiger charge is 2.12. The minimum absolute atomic E-state index is 0.234. The molecule has 0 aliphatic heterocycles. The van der Waals surface area contributed by atoms with Crippen LogP contribution in [0.15, 0.2) is 45.3 Å². The van der Waals surface area contributed by atoms with Crippen LogP contribution in [0.4, 0.5) is 0 Å². The van der Waals surface area contributed by atoms with Crippen LogP contribution in [0.25, 0.3) is 0 Å². The van der Waals surface area contributed by atoms with E-state index in [0.717, 1.165) is 27.4 Å². The summed E-state index contributed by atoms with van der Waals surface area (Å²) in [6.45, 7) is 4.07. The molecule has 2 aromatic rings. The number of benzene rings is 2. The molecule has 0 aromatic heterocycles. The van der Waals surface area contributed by atoms with Crippen molar-refractivity contribution >= 4 is 43.8 Å². The molecular weight excluding hydrogens is 480 g/mol. The molecule has 2 rings (SSSR count). The van der Waals surface area contributed by atoms with Gasteiger partial charge in [-0.2, -0.15) is 0 Å². The Labute approximate surface area is 175 Å². The van der Waals surface area contributed by atoms with Gasteiger partial charge in [0, 0.05) is 4.47 Å². The highest BCUT2D eigenvalue weighted by molar-refractivity contribution is 9.11. The van der Waals surface area contributed by atoms with Gasteiger partial charge in [0.1, 0.15) is 11.5 Å². The van der Waals surface area contributed by atoms with Gasteiger partial charge in [-0.05, 0) is 71.2 Å². The fraction of sp³-hybridized carbons (Fsp3) is 0.300. The van der Waals surface area contributed by atoms with Gasteiger partial charge in [-0.3, -0.25) is 0 Å². The predicted molar refractivity (Wildman–Crippen MR) is 109 cm³/mol. The lowest BCUT2D eigenvalue weighted by Crippen LogP contribution is -2.18. The maximum absolute atomic E-state index is 12.0. The molecule has 0 aliphatic rings. The van der Waals surface area contributed by atoms with Crippen molar-refractivity contribution < 1.29 is 23.8 Å². The fourth-order valence-corrected chi connectivity index (χ4v) is 3.77. The first-order valence-corrected chi connectivity index (χ1v) is 10.1. The van der Waals surface area contributed by atoms with Crippen LogP contribution in [0.1, 0.15) is 35.7 Å². The van der Waals surface area contributed by atoms with Crippen molar-refractivity contribution in [3.05, 3.63) is 56.5 Å². The van der Waals surface area contributed by atoms with Crippen LogP contribution < -0.4 is 9.47 Å². The molecule has 2 aromatic carbocycles. The van der Waals surface area contributed by atoms with E-state index < -0.39 is 5.97 Å². The number of halogens is 2. The summed E-state index contributed by atoms with van der Waals surface area (Å²) in [5.41, 5.74) is 1.30. The Morgan fingerprint density at radius 3 is 2.41 bits per heavy atom. The Hall–Kier alpha value is -1.86. The van der Waals surface area contributed by atoms with Gasteiger partial charge in [0.05, 0.1) is 16.6 Å². The smallest absolute Gasteiger partial charge is 0.349 e. The third-order valence-corrected chi connectivity index (χ3v) is 4.63. The van der Waals surface area contributed by atoms with Crippen molar-refractivity contribution in [2.24, 2.45) is 0 Å². The molecule has 0 aliphatic carbocycles. The maximum atomic E-state index is 12.0. The van der Waals surface area contributed by atoms with E-state index in [1.807, 2.05) is 26.0 Å². The standard InChI is InChI=1S/C20H20Br2O5/c1-3-4-9-25-20(24)14-5-7-16(8-6-14)27-18(23)12-26-19-13(2)10-15(21)11-17(19)22/h5-8,10-11H,3-4,9,12H2,1-2H3. The van der Waals surface area contributed by atoms with Crippen LogP contribution in [0.5, 0.6) is 11.5 Å². The van der Waals surface area contributed by atoms with E-state index in [9.17, 15) is 9.59 Å². The van der Waals surface area contributed by atoms with Crippen LogP contribution >= 0.6 is 31.9 Å². The van der Waals surface area contributed by atoms with E-state index in [-0.39, 0.29) is 12.6 Å². The number of aryl methyl sites for hydroxylation is 1. The van der Waals surface area contributed by atoms with Crippen molar-refractivity contribution in [1.29, 1.82) is 0 Å². The van der Waals surface area contributed by atoms with Crippen molar-refractivity contribution in [1.82, 2.24) is 0 Å². The van der Waals surface area contributed by atoms with Crippen molar-refractivity contribution in [2.75, 3.05) is 13.2 Å². The third kappa shape index (κ3) is 6.66. The van der Waals surface area contributed by atoms with Crippen LogP contribution in [0, 0.1) is 6.92 Å². The van der Waals surface area contributed by atoms with Crippen LogP contribution in [0.3, 0.4) is 0 Å². The number of esters is 2. The molecule has 7 heteroatoms. The van der Waals surface area contributed by atoms with E-state index in [4.69, 9.17) is 14.2 Å². The number of hydrogen-bond donors (Lipinski definition) is 0. The minimum Gasteiger partial charge on any atom is -0.480 e. The molecule has 0 spiro atoms. The van der Waals surface area contributed by atoms with E-state index >= 15 is 0 Å². The van der Waals surface area contributed by atoms with Gasteiger partial charge in [-0.15, -0.1) is 0 Å². The first kappa shape index (κ1) is 21.4. The van der Waals surface area contributed by atoms with Gasteiger partial charge in [0.25, 0.3) is 0 Å². The topological polar surface area (TPSA) is 61.8 Å². The summed E-state index contributed by atoms with van der Waals surface area (Å²) in [5, 5.41) is 0. The number of hydrogen-bond acceptors (Lipinski definition) is 5. The van der Waals surface area contributed by atoms with E-state index in [1.54, 1.807) is 24.3 Å². The predicted octanol–water partition coefficient (Wildman–Crippen LogP) is 5.46. The molecule has 0 saturated heterocycles. The number of carbonyl (C=O) groups is 2. The summed E-state index contributed by atoms with van der Waals surface area (Å²) in [7, 11) is 0. The van der Waals surface area contributed by atoms with E-state index in [1.165, 1.54) is 0 Å². The first-order valence-electron chi connectivity index (χ1n) is 8.47. The van der Waals surface area contributed by atoms with Gasteiger partial charge < -0.3 is 14.2 Å². The molecular formula is C20H20Br2O5. The molecule has 0 saturated carbocycles. The number of unbranched alkanes of at least 4 members (excludes halogenated alkanes) is 1. The van der Waals surface area contributed by atoms with Crippen molar-refractivity contribution in [2.45, 2.75) is 26.7 Å². The maximum Gasteiger partial charge on any atom is 0.349 e. The van der Waals surface area contributed by atoms with Gasteiger partial charge in [-0.1, -0.05) is 29.3 Å². The monoisotopic (exact) mass is 498 g/mol. The molecule has 0 atom stereocenters. The summed E-state index contributed by atoms with van der Waals surface area (Å²) in [6.07, 6.45) is 1.79. The van der Waals surface area contributed by atoms with Crippen molar-refractivity contribution in [3.8, 4) is 11.5 Å². The highest BCUT2D eigenvalue weighted by Crippen LogP contribution is 2.32. The van der Waals surface area contributed by atoms with Gasteiger partial charge >= 0.3 is 11.9 Å². The second-order valence-electron chi connectivity index (χ2n) is 5.81. The summed E-state index contributed by atoms with van der Waals surface area (Å²) >= 11 is 6.80. The second-order valence-corrected chi connectivity index (χ2v) is 7.58. The SMILES string of the molecule is CCCCOC(=O)c1ccc(OC(=O)COc2c(C)cc(Br)cc2Br)cc1. The first-order chi connectivity index (χ1) is 12.9. The Morgan fingerprint density at radius 2 is 1.78 bits per heavy atom. The number of rotatable bonds is 8. The minimum atomic E-state index is -0.539. The highest BCUT2D eigenvalue weighted by atomic mass is 79.9. The Morgan fingerprint density at radius 1 is 1.07 bits per heavy atom. The lowest BCUT2D eigenvalue weighted by Gasteiger charge is -2.11. The molecule has 27 heavy (non-hydrogen) atoms. The molecule has 0 unspecified atom stereocenters. The summed E-state index contributed by atoms with van der Waals surface area (Å²) in [5.74, 6) is -0.0108. The Kier molecular flexibility index (Phi) is 8.31.